The Balaban J connectivity index is 2.52. The number of benzene rings is 1. The molecule has 0 aromatic heterocycles. The molecule has 1 amide bonds. The molecule has 0 spiro atoms. The van der Waals surface area contributed by atoms with Crippen molar-refractivity contribution in [3.63, 3.8) is 0 Å². The summed E-state index contributed by atoms with van der Waals surface area (Å²) in [6.45, 7) is 3.96. The lowest BCUT2D eigenvalue weighted by Gasteiger charge is -2.07. The highest BCUT2D eigenvalue weighted by Crippen LogP contribution is 2.15. The highest BCUT2D eigenvalue weighted by molar-refractivity contribution is 5.90. The van der Waals surface area contributed by atoms with Gasteiger partial charge in [-0.1, -0.05) is 38.0 Å². The minimum absolute atomic E-state index is 0.0645. The van der Waals surface area contributed by atoms with E-state index in [0.29, 0.717) is 6.42 Å². The van der Waals surface area contributed by atoms with Crippen LogP contribution < -0.4 is 5.32 Å². The maximum atomic E-state index is 11.8. The summed E-state index contributed by atoms with van der Waals surface area (Å²) >= 11 is 0. The summed E-state index contributed by atoms with van der Waals surface area (Å²) in [5, 5.41) is 11.6. The standard InChI is InChI=1S/C17H23NO2/c1-3-4-5-6-9-17(20)18-16-11-10-15(8-7-12-19)14(2)13-16/h10-11,13,19H,3-6,9,12H2,1-2H3,(H,18,20). The molecule has 2 N–H and O–H groups in total. The number of anilines is 1. The van der Waals surface area contributed by atoms with Crippen LogP contribution in [-0.4, -0.2) is 17.6 Å². The molecule has 1 aromatic rings. The van der Waals surface area contributed by atoms with Crippen LogP contribution in [0.25, 0.3) is 0 Å². The highest BCUT2D eigenvalue weighted by Gasteiger charge is 2.03. The second-order valence-corrected chi connectivity index (χ2v) is 4.85. The molecule has 0 aliphatic heterocycles. The van der Waals surface area contributed by atoms with E-state index in [2.05, 4.69) is 24.1 Å². The maximum Gasteiger partial charge on any atom is 0.224 e. The second-order valence-electron chi connectivity index (χ2n) is 4.85. The average molecular weight is 273 g/mol. The lowest BCUT2D eigenvalue weighted by molar-refractivity contribution is -0.116. The van der Waals surface area contributed by atoms with E-state index in [1.165, 1.54) is 12.8 Å². The van der Waals surface area contributed by atoms with E-state index < -0.39 is 0 Å². The van der Waals surface area contributed by atoms with Crippen LogP contribution in [0.5, 0.6) is 0 Å². The molecular formula is C17H23NO2. The third-order valence-electron chi connectivity index (χ3n) is 3.07. The van der Waals surface area contributed by atoms with Crippen molar-refractivity contribution in [2.75, 3.05) is 11.9 Å². The van der Waals surface area contributed by atoms with Crippen LogP contribution in [0, 0.1) is 18.8 Å². The van der Waals surface area contributed by atoms with Crippen LogP contribution >= 0.6 is 0 Å². The molecule has 0 atom stereocenters. The molecule has 0 saturated carbocycles. The van der Waals surface area contributed by atoms with Gasteiger partial charge in [0.15, 0.2) is 0 Å². The van der Waals surface area contributed by atoms with Gasteiger partial charge >= 0.3 is 0 Å². The molecule has 108 valence electrons. The molecule has 0 aliphatic rings. The summed E-state index contributed by atoms with van der Waals surface area (Å²) < 4.78 is 0. The number of aliphatic hydroxyl groups excluding tert-OH is 1. The zero-order valence-corrected chi connectivity index (χ0v) is 12.3. The van der Waals surface area contributed by atoms with Crippen molar-refractivity contribution in [2.24, 2.45) is 0 Å². The summed E-state index contributed by atoms with van der Waals surface area (Å²) in [5.41, 5.74) is 2.67. The Morgan fingerprint density at radius 3 is 2.75 bits per heavy atom. The minimum atomic E-state index is -0.143. The zero-order chi connectivity index (χ0) is 14.8. The van der Waals surface area contributed by atoms with Crippen molar-refractivity contribution < 1.29 is 9.90 Å². The maximum absolute atomic E-state index is 11.8. The van der Waals surface area contributed by atoms with Crippen molar-refractivity contribution in [1.82, 2.24) is 0 Å². The number of amides is 1. The molecule has 0 fully saturated rings. The highest BCUT2D eigenvalue weighted by atomic mass is 16.2. The van der Waals surface area contributed by atoms with Gasteiger partial charge in [-0.25, -0.2) is 0 Å². The Labute approximate surface area is 121 Å². The summed E-state index contributed by atoms with van der Waals surface area (Å²) in [6, 6.07) is 5.62. The van der Waals surface area contributed by atoms with Gasteiger partial charge in [0, 0.05) is 17.7 Å². The van der Waals surface area contributed by atoms with Gasteiger partial charge in [0.05, 0.1) is 0 Å². The van der Waals surface area contributed by atoms with Gasteiger partial charge in [-0.2, -0.15) is 0 Å². The Bertz CT molecular complexity index is 497. The SMILES string of the molecule is CCCCCCC(=O)Nc1ccc(C#CCO)c(C)c1. The number of carbonyl (C=O) groups is 1. The molecule has 0 saturated heterocycles. The molecule has 0 aliphatic carbocycles. The van der Waals surface area contributed by atoms with Crippen LogP contribution in [-0.2, 0) is 4.79 Å². The first-order valence-electron chi connectivity index (χ1n) is 7.17. The van der Waals surface area contributed by atoms with Crippen LogP contribution in [0.4, 0.5) is 5.69 Å². The van der Waals surface area contributed by atoms with Crippen LogP contribution in [0.2, 0.25) is 0 Å². The van der Waals surface area contributed by atoms with E-state index in [9.17, 15) is 4.79 Å². The van der Waals surface area contributed by atoms with E-state index in [1.807, 2.05) is 25.1 Å². The van der Waals surface area contributed by atoms with Gasteiger partial charge in [0.2, 0.25) is 5.91 Å². The Morgan fingerprint density at radius 1 is 1.30 bits per heavy atom. The van der Waals surface area contributed by atoms with E-state index >= 15 is 0 Å². The molecule has 3 heteroatoms. The molecule has 1 aromatic carbocycles. The van der Waals surface area contributed by atoms with Crippen molar-refractivity contribution in [2.45, 2.75) is 46.0 Å². The number of hydrogen-bond donors (Lipinski definition) is 2. The first-order chi connectivity index (χ1) is 9.67. The fourth-order valence-corrected chi connectivity index (χ4v) is 1.95. The Kier molecular flexibility index (Phi) is 7.46. The third-order valence-corrected chi connectivity index (χ3v) is 3.07. The van der Waals surface area contributed by atoms with Gasteiger partial charge in [0.1, 0.15) is 6.61 Å². The van der Waals surface area contributed by atoms with Crippen molar-refractivity contribution >= 4 is 11.6 Å². The van der Waals surface area contributed by atoms with Gasteiger partial charge in [-0.15, -0.1) is 0 Å². The predicted molar refractivity (Wildman–Crippen MR) is 82.5 cm³/mol. The first-order valence-corrected chi connectivity index (χ1v) is 7.17. The predicted octanol–water partition coefficient (Wildman–Crippen LogP) is 3.25. The molecular weight excluding hydrogens is 250 g/mol. The Hall–Kier alpha value is -1.79. The summed E-state index contributed by atoms with van der Waals surface area (Å²) in [6.07, 6.45) is 4.99. The largest absolute Gasteiger partial charge is 0.384 e. The third kappa shape index (κ3) is 5.90. The van der Waals surface area contributed by atoms with E-state index in [-0.39, 0.29) is 12.5 Å². The van der Waals surface area contributed by atoms with E-state index in [0.717, 1.165) is 29.7 Å². The molecule has 0 heterocycles. The second kappa shape index (κ2) is 9.17. The number of unbranched alkanes of at least 4 members (excludes halogenated alkanes) is 3. The van der Waals surface area contributed by atoms with Gasteiger partial charge in [0.25, 0.3) is 0 Å². The molecule has 0 bridgehead atoms. The lowest BCUT2D eigenvalue weighted by Crippen LogP contribution is -2.11. The molecule has 1 rings (SSSR count). The number of rotatable bonds is 6. The van der Waals surface area contributed by atoms with E-state index in [4.69, 9.17) is 5.11 Å². The number of aryl methyl sites for hydroxylation is 1. The zero-order valence-electron chi connectivity index (χ0n) is 12.3. The average Bonchev–Trinajstić information content (AvgIpc) is 2.43. The molecule has 0 unspecified atom stereocenters. The number of aliphatic hydroxyl groups is 1. The van der Waals surface area contributed by atoms with Gasteiger partial charge in [-0.05, 0) is 37.1 Å². The Morgan fingerprint density at radius 2 is 2.10 bits per heavy atom. The van der Waals surface area contributed by atoms with Crippen LogP contribution in [0.3, 0.4) is 0 Å². The fraction of sp³-hybridized carbons (Fsp3) is 0.471. The van der Waals surface area contributed by atoms with Crippen molar-refractivity contribution in [3.8, 4) is 11.8 Å². The smallest absolute Gasteiger partial charge is 0.224 e. The summed E-state index contributed by atoms with van der Waals surface area (Å²) in [7, 11) is 0. The first kappa shape index (κ1) is 16.3. The molecule has 20 heavy (non-hydrogen) atoms. The van der Waals surface area contributed by atoms with Gasteiger partial charge in [-0.3, -0.25) is 4.79 Å². The molecule has 3 nitrogen and oxygen atoms in total. The summed E-state index contributed by atoms with van der Waals surface area (Å²) in [5.74, 6) is 5.57. The van der Waals surface area contributed by atoms with Gasteiger partial charge < -0.3 is 10.4 Å². The van der Waals surface area contributed by atoms with Crippen LogP contribution in [0.1, 0.15) is 50.2 Å². The minimum Gasteiger partial charge on any atom is -0.384 e. The van der Waals surface area contributed by atoms with Crippen LogP contribution in [0.15, 0.2) is 18.2 Å². The number of nitrogens with one attached hydrogen (secondary N) is 1. The van der Waals surface area contributed by atoms with E-state index in [1.54, 1.807) is 0 Å². The normalized spacial score (nSPS) is 9.75. The number of hydrogen-bond acceptors (Lipinski definition) is 2. The van der Waals surface area contributed by atoms with Crippen molar-refractivity contribution in [3.05, 3.63) is 29.3 Å². The monoisotopic (exact) mass is 273 g/mol. The number of carbonyl (C=O) groups excluding carboxylic acids is 1. The quantitative estimate of drug-likeness (QED) is 0.617. The summed E-state index contributed by atoms with van der Waals surface area (Å²) in [4.78, 5) is 11.8. The van der Waals surface area contributed by atoms with Crippen molar-refractivity contribution in [1.29, 1.82) is 0 Å². The lowest BCUT2D eigenvalue weighted by atomic mass is 10.1. The fourth-order valence-electron chi connectivity index (χ4n) is 1.95. The molecule has 0 radical (unpaired) electrons. The topological polar surface area (TPSA) is 49.3 Å².